The average molecular weight is 311 g/mol. The van der Waals surface area contributed by atoms with E-state index in [1.807, 2.05) is 4.90 Å². The van der Waals surface area contributed by atoms with Crippen LogP contribution in [0.4, 0.5) is 13.2 Å². The number of hydrogen-bond donors (Lipinski definition) is 0. The molecular formula is C17H20F3NO. The Kier molecular flexibility index (Phi) is 3.91. The normalized spacial score (nSPS) is 28.5. The van der Waals surface area contributed by atoms with Crippen LogP contribution >= 0.6 is 0 Å². The van der Waals surface area contributed by atoms with E-state index in [1.165, 1.54) is 12.1 Å². The minimum Gasteiger partial charge on any atom is -0.340 e. The Balaban J connectivity index is 1.65. The lowest BCUT2D eigenvalue weighted by molar-refractivity contribution is -0.138. The third-order valence-electron chi connectivity index (χ3n) is 4.86. The van der Waals surface area contributed by atoms with Gasteiger partial charge in [-0.25, -0.2) is 0 Å². The van der Waals surface area contributed by atoms with E-state index in [-0.39, 0.29) is 23.8 Å². The number of amides is 1. The van der Waals surface area contributed by atoms with Gasteiger partial charge in [-0.15, -0.1) is 0 Å². The maximum Gasteiger partial charge on any atom is 0.416 e. The van der Waals surface area contributed by atoms with Crippen LogP contribution in [0.15, 0.2) is 24.3 Å². The molecule has 1 aliphatic carbocycles. The van der Waals surface area contributed by atoms with Crippen molar-refractivity contribution in [1.29, 1.82) is 0 Å². The first-order valence-corrected chi connectivity index (χ1v) is 7.85. The lowest BCUT2D eigenvalue weighted by Crippen LogP contribution is -2.43. The highest BCUT2D eigenvalue weighted by Crippen LogP contribution is 2.49. The number of piperidine rings is 1. The van der Waals surface area contributed by atoms with Crippen LogP contribution in [0.1, 0.15) is 49.7 Å². The van der Waals surface area contributed by atoms with E-state index >= 15 is 0 Å². The minimum atomic E-state index is -4.31. The highest BCUT2D eigenvalue weighted by molar-refractivity contribution is 5.83. The molecule has 0 N–H and O–H groups in total. The van der Waals surface area contributed by atoms with Crippen LogP contribution in [0.5, 0.6) is 0 Å². The molecular weight excluding hydrogens is 291 g/mol. The quantitative estimate of drug-likeness (QED) is 0.801. The van der Waals surface area contributed by atoms with E-state index in [0.29, 0.717) is 0 Å². The number of likely N-dealkylation sites (tertiary alicyclic amines) is 1. The molecule has 2 nitrogen and oxygen atoms in total. The Morgan fingerprint density at radius 1 is 1.18 bits per heavy atom. The number of nitrogens with zero attached hydrogens (tertiary/aromatic N) is 1. The molecule has 3 atom stereocenters. The molecule has 2 fully saturated rings. The standard InChI is InChI=1S/C17H20F3NO/c1-11-4-2-3-9-21(11)16(22)15-10-14(15)12-5-7-13(8-6-12)17(18,19)20/h5-8,11,14-15H,2-4,9-10H2,1H3. The molecule has 22 heavy (non-hydrogen) atoms. The molecule has 0 bridgehead atoms. The first-order chi connectivity index (χ1) is 10.4. The zero-order chi connectivity index (χ0) is 15.9. The summed E-state index contributed by atoms with van der Waals surface area (Å²) in [6, 6.07) is 5.54. The smallest absolute Gasteiger partial charge is 0.340 e. The van der Waals surface area contributed by atoms with E-state index in [4.69, 9.17) is 0 Å². The molecule has 120 valence electrons. The fourth-order valence-electron chi connectivity index (χ4n) is 3.39. The van der Waals surface area contributed by atoms with Gasteiger partial charge >= 0.3 is 6.18 Å². The molecule has 1 saturated carbocycles. The topological polar surface area (TPSA) is 20.3 Å². The van der Waals surface area contributed by atoms with Crippen molar-refractivity contribution in [1.82, 2.24) is 4.90 Å². The summed E-state index contributed by atoms with van der Waals surface area (Å²) in [5.41, 5.74) is 0.209. The maximum absolute atomic E-state index is 12.6. The molecule has 1 amide bonds. The Bertz CT molecular complexity index is 552. The maximum atomic E-state index is 12.6. The summed E-state index contributed by atoms with van der Waals surface area (Å²) >= 11 is 0. The van der Waals surface area contributed by atoms with Gasteiger partial charge < -0.3 is 4.90 Å². The van der Waals surface area contributed by atoms with Gasteiger partial charge in [0.25, 0.3) is 0 Å². The van der Waals surface area contributed by atoms with Crippen LogP contribution < -0.4 is 0 Å². The summed E-state index contributed by atoms with van der Waals surface area (Å²) in [4.78, 5) is 14.5. The molecule has 0 radical (unpaired) electrons. The highest BCUT2D eigenvalue weighted by Gasteiger charge is 2.46. The van der Waals surface area contributed by atoms with Gasteiger partial charge in [-0.3, -0.25) is 4.79 Å². The van der Waals surface area contributed by atoms with Gasteiger partial charge in [0.05, 0.1) is 5.56 Å². The Hall–Kier alpha value is -1.52. The monoisotopic (exact) mass is 311 g/mol. The molecule has 1 saturated heterocycles. The Labute approximate surface area is 128 Å². The first-order valence-electron chi connectivity index (χ1n) is 7.85. The number of carbonyl (C=O) groups excluding carboxylic acids is 1. The number of halogens is 3. The van der Waals surface area contributed by atoms with Crippen molar-refractivity contribution in [2.24, 2.45) is 5.92 Å². The molecule has 3 rings (SSSR count). The van der Waals surface area contributed by atoms with E-state index in [9.17, 15) is 18.0 Å². The van der Waals surface area contributed by atoms with Gasteiger partial charge in [-0.2, -0.15) is 13.2 Å². The molecule has 0 aromatic heterocycles. The number of benzene rings is 1. The number of rotatable bonds is 2. The largest absolute Gasteiger partial charge is 0.416 e. The summed E-state index contributed by atoms with van der Waals surface area (Å²) in [6.45, 7) is 2.89. The lowest BCUT2D eigenvalue weighted by atomic mass is 10.0. The second-order valence-corrected chi connectivity index (χ2v) is 6.44. The van der Waals surface area contributed by atoms with Crippen molar-refractivity contribution in [3.8, 4) is 0 Å². The van der Waals surface area contributed by atoms with Crippen molar-refractivity contribution >= 4 is 5.91 Å². The zero-order valence-corrected chi connectivity index (χ0v) is 12.6. The van der Waals surface area contributed by atoms with E-state index in [2.05, 4.69) is 6.92 Å². The molecule has 3 unspecified atom stereocenters. The van der Waals surface area contributed by atoms with Crippen LogP contribution in [0.2, 0.25) is 0 Å². The molecule has 2 aliphatic rings. The van der Waals surface area contributed by atoms with Crippen molar-refractivity contribution in [3.05, 3.63) is 35.4 Å². The fourth-order valence-corrected chi connectivity index (χ4v) is 3.39. The SMILES string of the molecule is CC1CCCCN1C(=O)C1CC1c1ccc(C(F)(F)F)cc1. The molecule has 1 aromatic carbocycles. The van der Waals surface area contributed by atoms with Crippen LogP contribution in [-0.4, -0.2) is 23.4 Å². The van der Waals surface area contributed by atoms with E-state index in [1.54, 1.807) is 0 Å². The molecule has 1 heterocycles. The predicted octanol–water partition coefficient (Wildman–Crippen LogP) is 4.21. The van der Waals surface area contributed by atoms with E-state index in [0.717, 1.165) is 49.9 Å². The zero-order valence-electron chi connectivity index (χ0n) is 12.6. The fraction of sp³-hybridized carbons (Fsp3) is 0.588. The second-order valence-electron chi connectivity index (χ2n) is 6.44. The third-order valence-corrected chi connectivity index (χ3v) is 4.86. The van der Waals surface area contributed by atoms with Crippen LogP contribution in [0.3, 0.4) is 0 Å². The second kappa shape index (κ2) is 5.60. The van der Waals surface area contributed by atoms with Crippen LogP contribution in [-0.2, 0) is 11.0 Å². The van der Waals surface area contributed by atoms with Crippen molar-refractivity contribution < 1.29 is 18.0 Å². The summed E-state index contributed by atoms with van der Waals surface area (Å²) < 4.78 is 37.7. The first kappa shape index (κ1) is 15.4. The van der Waals surface area contributed by atoms with Crippen LogP contribution in [0, 0.1) is 5.92 Å². The average Bonchev–Trinajstić information content (AvgIpc) is 3.27. The van der Waals surface area contributed by atoms with Crippen molar-refractivity contribution in [3.63, 3.8) is 0 Å². The van der Waals surface area contributed by atoms with Gasteiger partial charge in [-0.1, -0.05) is 12.1 Å². The van der Waals surface area contributed by atoms with Crippen molar-refractivity contribution in [2.75, 3.05) is 6.54 Å². The third kappa shape index (κ3) is 2.99. The molecule has 1 aromatic rings. The number of hydrogen-bond acceptors (Lipinski definition) is 1. The lowest BCUT2D eigenvalue weighted by Gasteiger charge is -2.33. The molecule has 0 spiro atoms. The number of alkyl halides is 3. The van der Waals surface area contributed by atoms with Crippen LogP contribution in [0.25, 0.3) is 0 Å². The van der Waals surface area contributed by atoms with Crippen molar-refractivity contribution in [2.45, 2.75) is 50.7 Å². The van der Waals surface area contributed by atoms with Gasteiger partial charge in [0.15, 0.2) is 0 Å². The Morgan fingerprint density at radius 2 is 1.86 bits per heavy atom. The highest BCUT2D eigenvalue weighted by atomic mass is 19.4. The van der Waals surface area contributed by atoms with Gasteiger partial charge in [0.2, 0.25) is 5.91 Å². The van der Waals surface area contributed by atoms with Gasteiger partial charge in [-0.05, 0) is 56.2 Å². The summed E-state index contributed by atoms with van der Waals surface area (Å²) in [5, 5.41) is 0. The number of carbonyl (C=O) groups is 1. The summed E-state index contributed by atoms with van der Waals surface area (Å²) in [5.74, 6) is 0.221. The van der Waals surface area contributed by atoms with Gasteiger partial charge in [0.1, 0.15) is 0 Å². The van der Waals surface area contributed by atoms with Gasteiger partial charge in [0, 0.05) is 18.5 Å². The summed E-state index contributed by atoms with van der Waals surface area (Å²) in [7, 11) is 0. The Morgan fingerprint density at radius 3 is 2.45 bits per heavy atom. The predicted molar refractivity (Wildman–Crippen MR) is 77.3 cm³/mol. The molecule has 1 aliphatic heterocycles. The molecule has 5 heteroatoms. The summed E-state index contributed by atoms with van der Waals surface area (Å²) in [6.07, 6.45) is -0.289. The minimum absolute atomic E-state index is 0.0442. The van der Waals surface area contributed by atoms with E-state index < -0.39 is 11.7 Å².